The quantitative estimate of drug-likeness (QED) is 0.729. The molecule has 0 fully saturated rings. The lowest BCUT2D eigenvalue weighted by Gasteiger charge is -1.95. The molecule has 1 aromatic carbocycles. The summed E-state index contributed by atoms with van der Waals surface area (Å²) in [4.78, 5) is 18.1. The molecule has 0 amide bonds. The number of aryl methyl sites for hydroxylation is 1. The second kappa shape index (κ2) is 13.8. The molecule has 1 heterocycles. The lowest BCUT2D eigenvalue weighted by molar-refractivity contribution is 1.06. The molecule has 0 aliphatic carbocycles. The van der Waals surface area contributed by atoms with Gasteiger partial charge in [-0.3, -0.25) is 4.79 Å². The van der Waals surface area contributed by atoms with Crippen LogP contribution in [0.2, 0.25) is 0 Å². The number of hydrogen-bond donors (Lipinski definition) is 1. The van der Waals surface area contributed by atoms with Gasteiger partial charge in [-0.15, -0.1) is 0 Å². The molecule has 0 spiro atoms. The maximum absolute atomic E-state index is 11.3. The largest absolute Gasteiger partial charge is 0.310 e. The molecule has 0 unspecified atom stereocenters. The van der Waals surface area contributed by atoms with Crippen LogP contribution in [0.3, 0.4) is 0 Å². The standard InChI is InChI=1S/C9H8N2O.2C3H8.C2H6/c1-6-10-8-5-3-2-4-7(8)9(12)11-6;2*1-3-2;1-2/h2-5H,1H3,(H,10,11,12);2*3H2,1-2H3;1-2H3. The maximum atomic E-state index is 11.3. The first-order valence-electron chi connectivity index (χ1n) is 7.56. The second-order valence-corrected chi connectivity index (χ2v) is 4.08. The van der Waals surface area contributed by atoms with Crippen molar-refractivity contribution in [2.45, 2.75) is 61.3 Å². The Morgan fingerprint density at radius 2 is 1.45 bits per heavy atom. The van der Waals surface area contributed by atoms with Crippen LogP contribution < -0.4 is 5.56 Å². The third kappa shape index (κ3) is 8.46. The van der Waals surface area contributed by atoms with Crippen molar-refractivity contribution < 1.29 is 0 Å². The van der Waals surface area contributed by atoms with Crippen molar-refractivity contribution in [1.29, 1.82) is 0 Å². The Hall–Kier alpha value is -1.64. The molecule has 3 nitrogen and oxygen atoms in total. The zero-order valence-electron chi connectivity index (χ0n) is 14.1. The van der Waals surface area contributed by atoms with Gasteiger partial charge in [0.15, 0.2) is 0 Å². The van der Waals surface area contributed by atoms with Crippen LogP contribution >= 0.6 is 0 Å². The molecule has 0 atom stereocenters. The van der Waals surface area contributed by atoms with E-state index in [9.17, 15) is 4.79 Å². The number of aromatic amines is 1. The van der Waals surface area contributed by atoms with Crippen molar-refractivity contribution in [1.82, 2.24) is 9.97 Å². The van der Waals surface area contributed by atoms with Crippen LogP contribution in [-0.2, 0) is 0 Å². The molecule has 0 radical (unpaired) electrons. The van der Waals surface area contributed by atoms with E-state index in [2.05, 4.69) is 37.7 Å². The number of aromatic nitrogens is 2. The fraction of sp³-hybridized carbons (Fsp3) is 0.529. The molecule has 2 rings (SSSR count). The highest BCUT2D eigenvalue weighted by Gasteiger charge is 1.97. The normalized spacial score (nSPS) is 8.35. The number of H-pyrrole nitrogens is 1. The van der Waals surface area contributed by atoms with E-state index >= 15 is 0 Å². The highest BCUT2D eigenvalue weighted by Crippen LogP contribution is 2.04. The summed E-state index contributed by atoms with van der Waals surface area (Å²) in [6, 6.07) is 7.29. The number of hydrogen-bond acceptors (Lipinski definition) is 2. The summed E-state index contributed by atoms with van der Waals surface area (Å²) < 4.78 is 0. The van der Waals surface area contributed by atoms with E-state index in [4.69, 9.17) is 0 Å². The molecule has 1 aromatic heterocycles. The summed E-state index contributed by atoms with van der Waals surface area (Å²) in [6.45, 7) is 14.3. The summed E-state index contributed by atoms with van der Waals surface area (Å²) in [5.41, 5.74) is 0.678. The second-order valence-electron chi connectivity index (χ2n) is 4.08. The summed E-state index contributed by atoms with van der Waals surface area (Å²) in [6.07, 6.45) is 2.50. The Labute approximate surface area is 123 Å². The Balaban J connectivity index is 0. The Kier molecular flexibility index (Phi) is 14.2. The number of para-hydroxylation sites is 1. The highest BCUT2D eigenvalue weighted by atomic mass is 16.1. The van der Waals surface area contributed by atoms with E-state index in [1.165, 1.54) is 12.8 Å². The topological polar surface area (TPSA) is 45.8 Å². The third-order valence-corrected chi connectivity index (χ3v) is 1.73. The third-order valence-electron chi connectivity index (χ3n) is 1.73. The first-order valence-corrected chi connectivity index (χ1v) is 7.56. The number of nitrogens with one attached hydrogen (secondary N) is 1. The van der Waals surface area contributed by atoms with Gasteiger partial charge in [-0.2, -0.15) is 0 Å². The average molecular weight is 278 g/mol. The zero-order valence-corrected chi connectivity index (χ0v) is 14.1. The first kappa shape index (κ1) is 20.7. The lowest BCUT2D eigenvalue weighted by Crippen LogP contribution is -2.09. The zero-order chi connectivity index (χ0) is 16.0. The van der Waals surface area contributed by atoms with Gasteiger partial charge in [-0.05, 0) is 19.1 Å². The molecule has 2 aromatic rings. The van der Waals surface area contributed by atoms with Crippen molar-refractivity contribution in [3.63, 3.8) is 0 Å². The molecule has 0 aliphatic heterocycles. The van der Waals surface area contributed by atoms with Gasteiger partial charge in [0.05, 0.1) is 10.9 Å². The summed E-state index contributed by atoms with van der Waals surface area (Å²) in [7, 11) is 0. The Morgan fingerprint density at radius 3 is 1.95 bits per heavy atom. The van der Waals surface area contributed by atoms with Crippen molar-refractivity contribution in [2.75, 3.05) is 0 Å². The van der Waals surface area contributed by atoms with Crippen LogP contribution in [0, 0.1) is 6.92 Å². The van der Waals surface area contributed by atoms with Crippen LogP contribution in [0.5, 0.6) is 0 Å². The molecule has 114 valence electrons. The van der Waals surface area contributed by atoms with Crippen LogP contribution in [-0.4, -0.2) is 9.97 Å². The van der Waals surface area contributed by atoms with E-state index in [-0.39, 0.29) is 5.56 Å². The predicted molar refractivity (Wildman–Crippen MR) is 90.4 cm³/mol. The van der Waals surface area contributed by atoms with Gasteiger partial charge >= 0.3 is 0 Å². The van der Waals surface area contributed by atoms with Crippen molar-refractivity contribution in [2.24, 2.45) is 0 Å². The van der Waals surface area contributed by atoms with Crippen LogP contribution in [0.15, 0.2) is 29.1 Å². The number of rotatable bonds is 0. The molecular weight excluding hydrogens is 248 g/mol. The number of benzene rings is 1. The summed E-state index contributed by atoms with van der Waals surface area (Å²) in [5.74, 6) is 0.652. The van der Waals surface area contributed by atoms with Gasteiger partial charge < -0.3 is 4.98 Å². The minimum Gasteiger partial charge on any atom is -0.310 e. The van der Waals surface area contributed by atoms with Gasteiger partial charge in [0.25, 0.3) is 5.56 Å². The number of nitrogens with zero attached hydrogens (tertiary/aromatic N) is 1. The molecule has 20 heavy (non-hydrogen) atoms. The molecule has 0 aliphatic rings. The predicted octanol–water partition coefficient (Wildman–Crippen LogP) is 5.09. The van der Waals surface area contributed by atoms with E-state index in [0.29, 0.717) is 11.2 Å². The first-order chi connectivity index (χ1) is 9.60. The minimum atomic E-state index is -0.0712. The Morgan fingerprint density at radius 1 is 1.00 bits per heavy atom. The van der Waals surface area contributed by atoms with Crippen molar-refractivity contribution in [3.8, 4) is 0 Å². The van der Waals surface area contributed by atoms with Crippen molar-refractivity contribution in [3.05, 3.63) is 40.4 Å². The summed E-state index contributed by atoms with van der Waals surface area (Å²) >= 11 is 0. The smallest absolute Gasteiger partial charge is 0.258 e. The van der Waals surface area contributed by atoms with Gasteiger partial charge in [0, 0.05) is 0 Å². The maximum Gasteiger partial charge on any atom is 0.258 e. The van der Waals surface area contributed by atoms with E-state index in [1.807, 2.05) is 32.0 Å². The van der Waals surface area contributed by atoms with Gasteiger partial charge in [-0.25, -0.2) is 4.98 Å². The van der Waals surface area contributed by atoms with Gasteiger partial charge in [-0.1, -0.05) is 66.5 Å². The molecule has 0 saturated carbocycles. The molecule has 0 bridgehead atoms. The lowest BCUT2D eigenvalue weighted by atomic mass is 10.2. The summed E-state index contributed by atoms with van der Waals surface area (Å²) in [5, 5.41) is 0.642. The highest BCUT2D eigenvalue weighted by molar-refractivity contribution is 5.76. The van der Waals surface area contributed by atoms with Crippen LogP contribution in [0.4, 0.5) is 0 Å². The molecule has 3 heteroatoms. The minimum absolute atomic E-state index is 0.0712. The van der Waals surface area contributed by atoms with E-state index < -0.39 is 0 Å². The SMILES string of the molecule is CC.CCC.CCC.Cc1nc2ccccc2c(=O)[nH]1. The Bertz CT molecular complexity index is 502. The van der Waals surface area contributed by atoms with Crippen molar-refractivity contribution >= 4 is 10.9 Å². The fourth-order valence-corrected chi connectivity index (χ4v) is 1.20. The number of fused-ring (bicyclic) bond motifs is 1. The van der Waals surface area contributed by atoms with Gasteiger partial charge in [0.1, 0.15) is 5.82 Å². The van der Waals surface area contributed by atoms with Crippen LogP contribution in [0.25, 0.3) is 10.9 Å². The monoisotopic (exact) mass is 278 g/mol. The molecular formula is C17H30N2O. The molecule has 1 N–H and O–H groups in total. The average Bonchev–Trinajstić information content (AvgIpc) is 2.42. The van der Waals surface area contributed by atoms with Gasteiger partial charge in [0.2, 0.25) is 0 Å². The fourth-order valence-electron chi connectivity index (χ4n) is 1.20. The van der Waals surface area contributed by atoms with E-state index in [1.54, 1.807) is 13.0 Å². The molecule has 0 saturated heterocycles. The van der Waals surface area contributed by atoms with E-state index in [0.717, 1.165) is 5.52 Å². The van der Waals surface area contributed by atoms with Crippen LogP contribution in [0.1, 0.15) is 60.2 Å².